The molecule has 6 nitrogen and oxygen atoms in total. The lowest BCUT2D eigenvalue weighted by atomic mass is 10.3. The molecule has 20 heavy (non-hydrogen) atoms. The SMILES string of the molecule is CCCNc1ccc(C(=O)N(C)Cc2cscn2)nn1. The fourth-order valence-electron chi connectivity index (χ4n) is 1.62. The Labute approximate surface area is 121 Å². The number of thiazole rings is 1. The van der Waals surface area contributed by atoms with Gasteiger partial charge in [0.2, 0.25) is 0 Å². The number of anilines is 1. The number of carbonyl (C=O) groups excluding carboxylic acids is 1. The lowest BCUT2D eigenvalue weighted by Crippen LogP contribution is -2.27. The molecule has 1 amide bonds. The molecule has 2 aromatic heterocycles. The van der Waals surface area contributed by atoms with Crippen molar-refractivity contribution in [2.24, 2.45) is 0 Å². The molecule has 0 unspecified atom stereocenters. The van der Waals surface area contributed by atoms with Crippen molar-refractivity contribution < 1.29 is 4.79 Å². The van der Waals surface area contributed by atoms with E-state index in [1.807, 2.05) is 5.38 Å². The summed E-state index contributed by atoms with van der Waals surface area (Å²) < 4.78 is 0. The maximum atomic E-state index is 12.2. The number of amides is 1. The van der Waals surface area contributed by atoms with Crippen LogP contribution in [-0.2, 0) is 6.54 Å². The average molecular weight is 291 g/mol. The molecule has 0 spiro atoms. The molecule has 0 saturated carbocycles. The van der Waals surface area contributed by atoms with Crippen LogP contribution >= 0.6 is 11.3 Å². The lowest BCUT2D eigenvalue weighted by molar-refractivity contribution is 0.0776. The summed E-state index contributed by atoms with van der Waals surface area (Å²) in [5.74, 6) is 0.526. The normalized spacial score (nSPS) is 10.3. The second-order valence-electron chi connectivity index (χ2n) is 4.37. The first-order valence-corrected chi connectivity index (χ1v) is 7.35. The van der Waals surface area contributed by atoms with Crippen LogP contribution in [0, 0.1) is 0 Å². The van der Waals surface area contributed by atoms with Gasteiger partial charge in [-0.2, -0.15) is 0 Å². The lowest BCUT2D eigenvalue weighted by Gasteiger charge is -2.15. The Morgan fingerprint density at radius 1 is 1.40 bits per heavy atom. The highest BCUT2D eigenvalue weighted by molar-refractivity contribution is 7.07. The summed E-state index contributed by atoms with van der Waals surface area (Å²) in [6.07, 6.45) is 1.01. The zero-order valence-electron chi connectivity index (χ0n) is 11.5. The molecule has 0 aliphatic rings. The van der Waals surface area contributed by atoms with Crippen LogP contribution in [0.2, 0.25) is 0 Å². The summed E-state index contributed by atoms with van der Waals surface area (Å²) in [6, 6.07) is 3.46. The van der Waals surface area contributed by atoms with E-state index in [0.29, 0.717) is 18.1 Å². The van der Waals surface area contributed by atoms with Gasteiger partial charge < -0.3 is 10.2 Å². The monoisotopic (exact) mass is 291 g/mol. The summed E-state index contributed by atoms with van der Waals surface area (Å²) in [5, 5.41) is 13.0. The highest BCUT2D eigenvalue weighted by Crippen LogP contribution is 2.08. The third kappa shape index (κ3) is 3.74. The van der Waals surface area contributed by atoms with E-state index in [9.17, 15) is 4.79 Å². The minimum absolute atomic E-state index is 0.160. The number of rotatable bonds is 6. The third-order valence-electron chi connectivity index (χ3n) is 2.67. The molecule has 7 heteroatoms. The number of nitrogens with one attached hydrogen (secondary N) is 1. The molecule has 2 rings (SSSR count). The smallest absolute Gasteiger partial charge is 0.274 e. The Morgan fingerprint density at radius 2 is 2.25 bits per heavy atom. The van der Waals surface area contributed by atoms with E-state index >= 15 is 0 Å². The Morgan fingerprint density at radius 3 is 2.85 bits per heavy atom. The first kappa shape index (κ1) is 14.4. The molecule has 106 valence electrons. The van der Waals surface area contributed by atoms with Crippen molar-refractivity contribution in [1.82, 2.24) is 20.1 Å². The summed E-state index contributed by atoms with van der Waals surface area (Å²) in [7, 11) is 1.73. The second-order valence-corrected chi connectivity index (χ2v) is 5.09. The van der Waals surface area contributed by atoms with Crippen molar-refractivity contribution >= 4 is 23.1 Å². The molecule has 0 aromatic carbocycles. The van der Waals surface area contributed by atoms with Crippen molar-refractivity contribution in [1.29, 1.82) is 0 Å². The van der Waals surface area contributed by atoms with Crippen molar-refractivity contribution in [3.05, 3.63) is 34.4 Å². The van der Waals surface area contributed by atoms with E-state index in [4.69, 9.17) is 0 Å². The Balaban J connectivity index is 1.97. The van der Waals surface area contributed by atoms with Gasteiger partial charge in [0.25, 0.3) is 5.91 Å². The topological polar surface area (TPSA) is 71.0 Å². The highest BCUT2D eigenvalue weighted by Gasteiger charge is 2.14. The summed E-state index contributed by atoms with van der Waals surface area (Å²) in [5.41, 5.74) is 2.96. The van der Waals surface area contributed by atoms with Crippen LogP contribution in [0.15, 0.2) is 23.0 Å². The van der Waals surface area contributed by atoms with Gasteiger partial charge in [0.05, 0.1) is 17.7 Å². The Kier molecular flexibility index (Phi) is 5.00. The molecule has 0 bridgehead atoms. The average Bonchev–Trinajstić information content (AvgIpc) is 2.97. The van der Waals surface area contributed by atoms with Crippen LogP contribution in [0.4, 0.5) is 5.82 Å². The molecular weight excluding hydrogens is 274 g/mol. The van der Waals surface area contributed by atoms with Crippen LogP contribution < -0.4 is 5.32 Å². The zero-order valence-corrected chi connectivity index (χ0v) is 12.4. The fourth-order valence-corrected chi connectivity index (χ4v) is 2.17. The van der Waals surface area contributed by atoms with E-state index in [2.05, 4.69) is 27.4 Å². The van der Waals surface area contributed by atoms with Crippen LogP contribution in [0.3, 0.4) is 0 Å². The Hall–Kier alpha value is -2.02. The van der Waals surface area contributed by atoms with Gasteiger partial charge in [-0.3, -0.25) is 4.79 Å². The van der Waals surface area contributed by atoms with E-state index < -0.39 is 0 Å². The maximum Gasteiger partial charge on any atom is 0.274 e. The summed E-state index contributed by atoms with van der Waals surface area (Å²) in [4.78, 5) is 17.9. The van der Waals surface area contributed by atoms with E-state index in [-0.39, 0.29) is 5.91 Å². The number of hydrogen-bond acceptors (Lipinski definition) is 6. The molecule has 1 N–H and O–H groups in total. The van der Waals surface area contributed by atoms with Crippen LogP contribution in [0.5, 0.6) is 0 Å². The van der Waals surface area contributed by atoms with E-state index in [1.54, 1.807) is 29.6 Å². The molecular formula is C13H17N5OS. The molecule has 0 fully saturated rings. The number of hydrogen-bond donors (Lipinski definition) is 1. The molecule has 0 atom stereocenters. The second kappa shape index (κ2) is 6.95. The predicted molar refractivity (Wildman–Crippen MR) is 78.7 cm³/mol. The quantitative estimate of drug-likeness (QED) is 0.881. The number of aromatic nitrogens is 3. The largest absolute Gasteiger partial charge is 0.369 e. The molecule has 2 heterocycles. The summed E-state index contributed by atoms with van der Waals surface area (Å²) >= 11 is 1.51. The fraction of sp³-hybridized carbons (Fsp3) is 0.385. The first-order valence-electron chi connectivity index (χ1n) is 6.41. The van der Waals surface area contributed by atoms with Gasteiger partial charge in [0, 0.05) is 19.0 Å². The van der Waals surface area contributed by atoms with Gasteiger partial charge in [0.1, 0.15) is 5.82 Å². The molecule has 0 radical (unpaired) electrons. The van der Waals surface area contributed by atoms with Crippen molar-refractivity contribution in [3.63, 3.8) is 0 Å². The molecule has 2 aromatic rings. The zero-order chi connectivity index (χ0) is 14.4. The van der Waals surface area contributed by atoms with E-state index in [1.165, 1.54) is 11.3 Å². The van der Waals surface area contributed by atoms with Gasteiger partial charge in [-0.25, -0.2) is 4.98 Å². The number of carbonyl (C=O) groups is 1. The Bertz CT molecular complexity index is 540. The van der Waals surface area contributed by atoms with Crippen LogP contribution in [-0.4, -0.2) is 39.6 Å². The first-order chi connectivity index (χ1) is 9.70. The minimum Gasteiger partial charge on any atom is -0.369 e. The van der Waals surface area contributed by atoms with Crippen molar-refractivity contribution in [2.45, 2.75) is 19.9 Å². The van der Waals surface area contributed by atoms with Gasteiger partial charge in [0.15, 0.2) is 5.69 Å². The minimum atomic E-state index is -0.160. The van der Waals surface area contributed by atoms with Gasteiger partial charge in [-0.05, 0) is 18.6 Å². The van der Waals surface area contributed by atoms with Gasteiger partial charge in [-0.1, -0.05) is 6.92 Å². The maximum absolute atomic E-state index is 12.2. The third-order valence-corrected chi connectivity index (χ3v) is 3.30. The highest BCUT2D eigenvalue weighted by atomic mass is 32.1. The van der Waals surface area contributed by atoms with Crippen LogP contribution in [0.25, 0.3) is 0 Å². The predicted octanol–water partition coefficient (Wildman–Crippen LogP) is 2.03. The number of nitrogens with zero attached hydrogens (tertiary/aromatic N) is 4. The van der Waals surface area contributed by atoms with Gasteiger partial charge >= 0.3 is 0 Å². The van der Waals surface area contributed by atoms with Crippen molar-refractivity contribution in [3.8, 4) is 0 Å². The standard InChI is InChI=1S/C13H17N5OS/c1-3-6-14-12-5-4-11(16-17-12)13(19)18(2)7-10-8-20-9-15-10/h4-5,8-9H,3,6-7H2,1-2H3,(H,14,17). The van der Waals surface area contributed by atoms with Crippen LogP contribution in [0.1, 0.15) is 29.5 Å². The van der Waals surface area contributed by atoms with E-state index in [0.717, 1.165) is 18.7 Å². The molecule has 0 saturated heterocycles. The molecule has 0 aliphatic heterocycles. The summed E-state index contributed by atoms with van der Waals surface area (Å²) in [6.45, 7) is 3.39. The van der Waals surface area contributed by atoms with Gasteiger partial charge in [-0.15, -0.1) is 21.5 Å². The van der Waals surface area contributed by atoms with Crippen molar-refractivity contribution in [2.75, 3.05) is 18.9 Å². The molecule has 0 aliphatic carbocycles.